The van der Waals surface area contributed by atoms with Crippen LogP contribution in [-0.4, -0.2) is 20.5 Å². The number of methoxy groups -OCH3 is 1. The zero-order valence-electron chi connectivity index (χ0n) is 14.5. The Morgan fingerprint density at radius 2 is 1.85 bits per heavy atom. The first-order valence-electron chi connectivity index (χ1n) is 7.89. The number of thiazole rings is 1. The van der Waals surface area contributed by atoms with Crippen LogP contribution in [0.15, 0.2) is 58.9 Å². The topological polar surface area (TPSA) is 65.5 Å². The molecule has 0 bridgehead atoms. The highest BCUT2D eigenvalue weighted by atomic mass is 32.2. The van der Waals surface area contributed by atoms with E-state index in [1.165, 1.54) is 42.8 Å². The molecule has 0 aliphatic rings. The quantitative estimate of drug-likeness (QED) is 0.553. The lowest BCUT2D eigenvalue weighted by Gasteiger charge is -2.10. The molecule has 5 nitrogen and oxygen atoms in total. The molecule has 0 radical (unpaired) electrons. The van der Waals surface area contributed by atoms with Gasteiger partial charge in [0, 0.05) is 10.9 Å². The van der Waals surface area contributed by atoms with Crippen molar-refractivity contribution in [1.82, 2.24) is 4.98 Å². The molecule has 0 amide bonds. The third kappa shape index (κ3) is 4.35. The maximum Gasteiger partial charge on any atom is 0.357 e. The van der Waals surface area contributed by atoms with Crippen LogP contribution in [0.3, 0.4) is 0 Å². The number of benzene rings is 2. The highest BCUT2D eigenvalue weighted by Gasteiger charge is 2.23. The predicted octanol–water partition coefficient (Wildman–Crippen LogP) is 4.76. The molecule has 8 heteroatoms. The summed E-state index contributed by atoms with van der Waals surface area (Å²) in [5.41, 5.74) is 1.47. The summed E-state index contributed by atoms with van der Waals surface area (Å²) in [7, 11) is -2.70. The van der Waals surface area contributed by atoms with Crippen LogP contribution in [0.4, 0.5) is 4.39 Å². The number of hydrogen-bond acceptors (Lipinski definition) is 6. The van der Waals surface area contributed by atoms with Gasteiger partial charge in [-0.05, 0) is 48.9 Å². The summed E-state index contributed by atoms with van der Waals surface area (Å²) in [6, 6.07) is 10.6. The fraction of sp³-hybridized carbons (Fsp3) is 0.105. The van der Waals surface area contributed by atoms with Crippen LogP contribution >= 0.6 is 11.3 Å². The van der Waals surface area contributed by atoms with Gasteiger partial charge >= 0.3 is 10.1 Å². The van der Waals surface area contributed by atoms with E-state index in [2.05, 4.69) is 4.98 Å². The van der Waals surface area contributed by atoms with Gasteiger partial charge in [-0.25, -0.2) is 9.37 Å². The van der Waals surface area contributed by atoms with E-state index in [1.807, 2.05) is 19.1 Å². The van der Waals surface area contributed by atoms with Crippen LogP contribution in [0.25, 0.3) is 16.6 Å². The van der Waals surface area contributed by atoms with Crippen LogP contribution < -0.4 is 8.92 Å². The Hall–Kier alpha value is -2.71. The monoisotopic (exact) mass is 405 g/mol. The number of aromatic nitrogens is 1. The highest BCUT2D eigenvalue weighted by molar-refractivity contribution is 7.87. The molecule has 2 aromatic carbocycles. The van der Waals surface area contributed by atoms with E-state index in [1.54, 1.807) is 12.1 Å². The standard InChI is InChI=1S/C19H16FNO4S2/c1-3-4-13-5-10-16(17(11-13)24-2)25-27(22,23)18-12-26-19(21-18)14-6-8-15(20)9-7-14/h3-12H,1-2H3. The van der Waals surface area contributed by atoms with Crippen molar-refractivity contribution in [3.63, 3.8) is 0 Å². The minimum atomic E-state index is -4.14. The Labute approximate surface area is 160 Å². The highest BCUT2D eigenvalue weighted by Crippen LogP contribution is 2.32. The number of ether oxygens (including phenoxy) is 1. The molecule has 140 valence electrons. The van der Waals surface area contributed by atoms with Crippen molar-refractivity contribution in [2.75, 3.05) is 7.11 Å². The van der Waals surface area contributed by atoms with E-state index in [0.717, 1.165) is 16.9 Å². The Morgan fingerprint density at radius 1 is 1.11 bits per heavy atom. The van der Waals surface area contributed by atoms with Crippen LogP contribution in [0.1, 0.15) is 12.5 Å². The van der Waals surface area contributed by atoms with E-state index in [4.69, 9.17) is 8.92 Å². The zero-order chi connectivity index (χ0) is 19.4. The normalized spacial score (nSPS) is 11.7. The van der Waals surface area contributed by atoms with Crippen molar-refractivity contribution in [2.45, 2.75) is 11.9 Å². The van der Waals surface area contributed by atoms with E-state index in [9.17, 15) is 12.8 Å². The fourth-order valence-corrected chi connectivity index (χ4v) is 4.33. The summed E-state index contributed by atoms with van der Waals surface area (Å²) in [6.45, 7) is 1.88. The maximum absolute atomic E-state index is 13.0. The summed E-state index contributed by atoms with van der Waals surface area (Å²) >= 11 is 1.13. The molecule has 3 aromatic rings. The third-order valence-electron chi connectivity index (χ3n) is 3.58. The molecule has 1 aromatic heterocycles. The summed E-state index contributed by atoms with van der Waals surface area (Å²) < 4.78 is 48.6. The van der Waals surface area contributed by atoms with Crippen molar-refractivity contribution < 1.29 is 21.7 Å². The average molecular weight is 405 g/mol. The summed E-state index contributed by atoms with van der Waals surface area (Å²) in [5, 5.41) is 1.62. The van der Waals surface area contributed by atoms with Crippen molar-refractivity contribution in [1.29, 1.82) is 0 Å². The first-order chi connectivity index (χ1) is 12.9. The number of halogens is 1. The van der Waals surface area contributed by atoms with E-state index in [-0.39, 0.29) is 16.6 Å². The van der Waals surface area contributed by atoms with Crippen molar-refractivity contribution in [3.8, 4) is 22.1 Å². The van der Waals surface area contributed by atoms with Gasteiger partial charge < -0.3 is 8.92 Å². The van der Waals surface area contributed by atoms with Gasteiger partial charge in [0.2, 0.25) is 5.03 Å². The van der Waals surface area contributed by atoms with Gasteiger partial charge in [-0.1, -0.05) is 18.2 Å². The van der Waals surface area contributed by atoms with Gasteiger partial charge in [0.05, 0.1) is 7.11 Å². The van der Waals surface area contributed by atoms with Crippen LogP contribution in [0.5, 0.6) is 11.5 Å². The molecule has 0 aliphatic carbocycles. The molecule has 0 spiro atoms. The van der Waals surface area contributed by atoms with Gasteiger partial charge in [-0.2, -0.15) is 8.42 Å². The molecule has 0 aliphatic heterocycles. The Balaban J connectivity index is 1.88. The van der Waals surface area contributed by atoms with E-state index < -0.39 is 10.1 Å². The lowest BCUT2D eigenvalue weighted by Crippen LogP contribution is -2.11. The molecule has 0 fully saturated rings. The second-order valence-corrected chi connectivity index (χ2v) is 7.80. The summed E-state index contributed by atoms with van der Waals surface area (Å²) in [5.74, 6) is -0.00908. The average Bonchev–Trinajstić information content (AvgIpc) is 3.15. The smallest absolute Gasteiger partial charge is 0.357 e. The molecule has 27 heavy (non-hydrogen) atoms. The number of rotatable bonds is 6. The molecule has 0 atom stereocenters. The maximum atomic E-state index is 13.0. The third-order valence-corrected chi connectivity index (χ3v) is 5.74. The SMILES string of the molecule is CC=Cc1ccc(OS(=O)(=O)c2csc(-c3ccc(F)cc3)n2)c(OC)c1. The van der Waals surface area contributed by atoms with Gasteiger partial charge in [-0.3, -0.25) is 0 Å². The molecule has 0 saturated carbocycles. The van der Waals surface area contributed by atoms with Crippen molar-refractivity contribution >= 4 is 27.5 Å². The molecule has 0 unspecified atom stereocenters. The minimum absolute atomic E-state index is 0.0714. The van der Waals surface area contributed by atoms with Crippen LogP contribution in [0, 0.1) is 5.82 Å². The molecular weight excluding hydrogens is 389 g/mol. The fourth-order valence-electron chi connectivity index (χ4n) is 2.31. The zero-order valence-corrected chi connectivity index (χ0v) is 16.2. The Kier molecular flexibility index (Phi) is 5.57. The number of allylic oxidation sites excluding steroid dienone is 1. The Bertz CT molecular complexity index is 1070. The first-order valence-corrected chi connectivity index (χ1v) is 10.2. The lowest BCUT2D eigenvalue weighted by molar-refractivity contribution is 0.390. The van der Waals surface area contributed by atoms with Crippen LogP contribution in [0.2, 0.25) is 0 Å². The predicted molar refractivity (Wildman–Crippen MR) is 103 cm³/mol. The summed E-state index contributed by atoms with van der Waals surface area (Å²) in [4.78, 5) is 4.11. The Morgan fingerprint density at radius 3 is 2.52 bits per heavy atom. The van der Waals surface area contributed by atoms with Gasteiger partial charge in [0.25, 0.3) is 0 Å². The van der Waals surface area contributed by atoms with E-state index >= 15 is 0 Å². The number of hydrogen-bond donors (Lipinski definition) is 0. The molecule has 3 rings (SSSR count). The molecular formula is C19H16FNO4S2. The second-order valence-electron chi connectivity index (χ2n) is 5.45. The van der Waals surface area contributed by atoms with Crippen molar-refractivity contribution in [3.05, 3.63) is 65.3 Å². The van der Waals surface area contributed by atoms with Gasteiger partial charge in [-0.15, -0.1) is 11.3 Å². The molecule has 1 heterocycles. The molecule has 0 N–H and O–H groups in total. The van der Waals surface area contributed by atoms with Gasteiger partial charge in [0.1, 0.15) is 10.8 Å². The van der Waals surface area contributed by atoms with Crippen molar-refractivity contribution in [2.24, 2.45) is 0 Å². The first kappa shape index (κ1) is 19.1. The molecule has 0 saturated heterocycles. The minimum Gasteiger partial charge on any atom is -0.493 e. The lowest BCUT2D eigenvalue weighted by atomic mass is 10.2. The van der Waals surface area contributed by atoms with E-state index in [0.29, 0.717) is 16.3 Å². The van der Waals surface area contributed by atoms with Gasteiger partial charge in [0.15, 0.2) is 11.5 Å². The number of nitrogens with zero attached hydrogens (tertiary/aromatic N) is 1. The van der Waals surface area contributed by atoms with Crippen LogP contribution in [-0.2, 0) is 10.1 Å². The summed E-state index contributed by atoms with van der Waals surface area (Å²) in [6.07, 6.45) is 3.72. The largest absolute Gasteiger partial charge is 0.493 e. The second kappa shape index (κ2) is 7.89.